The monoisotopic (exact) mass is 612 g/mol. The molecular formula is C35H43F7O. The summed E-state index contributed by atoms with van der Waals surface area (Å²) in [7, 11) is 0. The fourth-order valence-electron chi connectivity index (χ4n) is 6.62. The maximum absolute atomic E-state index is 15.0. The summed E-state index contributed by atoms with van der Waals surface area (Å²) < 4.78 is 102. The third-order valence-electron chi connectivity index (χ3n) is 9.23. The van der Waals surface area contributed by atoms with E-state index in [2.05, 4.69) is 19.1 Å². The first-order valence-electron chi connectivity index (χ1n) is 15.9. The van der Waals surface area contributed by atoms with Crippen molar-refractivity contribution in [3.63, 3.8) is 0 Å². The van der Waals surface area contributed by atoms with E-state index in [4.69, 9.17) is 4.74 Å². The third kappa shape index (κ3) is 9.49. The van der Waals surface area contributed by atoms with E-state index in [9.17, 15) is 30.7 Å². The molecule has 2 aromatic rings. The Balaban J connectivity index is 1.21. The topological polar surface area (TPSA) is 9.23 Å². The van der Waals surface area contributed by atoms with Gasteiger partial charge in [0.15, 0.2) is 0 Å². The average molecular weight is 613 g/mol. The van der Waals surface area contributed by atoms with E-state index < -0.39 is 35.4 Å². The van der Waals surface area contributed by atoms with Crippen LogP contribution in [-0.2, 0) is 12.6 Å². The second-order valence-corrected chi connectivity index (χ2v) is 12.4. The van der Waals surface area contributed by atoms with Crippen LogP contribution in [0.15, 0.2) is 48.6 Å². The van der Waals surface area contributed by atoms with Gasteiger partial charge in [-0.15, -0.1) is 0 Å². The minimum absolute atomic E-state index is 0.134. The maximum atomic E-state index is 15.0. The number of benzene rings is 2. The molecule has 2 aliphatic carbocycles. The smallest absolute Gasteiger partial charge is 0.416 e. The first-order valence-corrected chi connectivity index (χ1v) is 15.9. The summed E-state index contributed by atoms with van der Waals surface area (Å²) in [5, 5.41) is 0. The molecule has 0 saturated heterocycles. The van der Waals surface area contributed by atoms with Gasteiger partial charge in [0.25, 0.3) is 0 Å². The van der Waals surface area contributed by atoms with Gasteiger partial charge in [-0.2, -0.15) is 22.0 Å². The van der Waals surface area contributed by atoms with Crippen molar-refractivity contribution >= 4 is 0 Å². The molecule has 0 unspecified atom stereocenters. The zero-order valence-electron chi connectivity index (χ0n) is 24.9. The van der Waals surface area contributed by atoms with Crippen LogP contribution >= 0.6 is 0 Å². The van der Waals surface area contributed by atoms with E-state index in [-0.39, 0.29) is 36.0 Å². The van der Waals surface area contributed by atoms with Crippen molar-refractivity contribution in [3.05, 3.63) is 76.9 Å². The number of hydrogen-bond donors (Lipinski definition) is 0. The summed E-state index contributed by atoms with van der Waals surface area (Å²) in [6.45, 7) is 2.16. The Hall–Kier alpha value is -2.51. The van der Waals surface area contributed by atoms with Gasteiger partial charge in [0.05, 0.1) is 11.5 Å². The highest BCUT2D eigenvalue weighted by Crippen LogP contribution is 2.42. The molecule has 4 rings (SSSR count). The minimum Gasteiger partial charge on any atom is -0.432 e. The summed E-state index contributed by atoms with van der Waals surface area (Å²) in [6, 6.07) is 6.35. The summed E-state index contributed by atoms with van der Waals surface area (Å²) in [6.07, 6.45) is 7.17. The SMILES string of the molecule is CCCCCCCc1cc(F)c(C2CCC(/C=C/C3CCC(C(F)(F)Oc4ccc(C(F)(F)F)cc4)CC3)CC2)c(F)c1. The molecule has 1 nitrogen and oxygen atoms in total. The van der Waals surface area contributed by atoms with E-state index in [1.54, 1.807) is 0 Å². The third-order valence-corrected chi connectivity index (χ3v) is 9.23. The summed E-state index contributed by atoms with van der Waals surface area (Å²) in [5.41, 5.74) is 0.0289. The van der Waals surface area contributed by atoms with Crippen molar-refractivity contribution in [3.8, 4) is 5.75 Å². The summed E-state index contributed by atoms with van der Waals surface area (Å²) in [5.74, 6) is -1.83. The Morgan fingerprint density at radius 1 is 0.721 bits per heavy atom. The number of halogens is 7. The predicted molar refractivity (Wildman–Crippen MR) is 155 cm³/mol. The van der Waals surface area contributed by atoms with Crippen LogP contribution in [0.5, 0.6) is 5.75 Å². The maximum Gasteiger partial charge on any atom is 0.416 e. The van der Waals surface area contributed by atoms with Crippen molar-refractivity contribution in [2.75, 3.05) is 0 Å². The number of alkyl halides is 5. The first kappa shape index (κ1) is 33.4. The fraction of sp³-hybridized carbons (Fsp3) is 0.600. The molecule has 0 spiro atoms. The first-order chi connectivity index (χ1) is 20.5. The van der Waals surface area contributed by atoms with E-state index in [0.717, 1.165) is 68.4 Å². The Kier molecular flexibility index (Phi) is 11.6. The number of allylic oxidation sites excluding steroid dienone is 2. The molecule has 43 heavy (non-hydrogen) atoms. The summed E-state index contributed by atoms with van der Waals surface area (Å²) >= 11 is 0. The minimum atomic E-state index is -4.54. The fourth-order valence-corrected chi connectivity index (χ4v) is 6.62. The molecule has 0 amide bonds. The second-order valence-electron chi connectivity index (χ2n) is 12.4. The van der Waals surface area contributed by atoms with Crippen LogP contribution in [0.25, 0.3) is 0 Å². The molecular weight excluding hydrogens is 569 g/mol. The second kappa shape index (κ2) is 15.0. The van der Waals surface area contributed by atoms with Crippen LogP contribution in [0.4, 0.5) is 30.7 Å². The van der Waals surface area contributed by atoms with Gasteiger partial charge in [0.1, 0.15) is 17.4 Å². The standard InChI is InChI=1S/C35H43F7O/c1-2-3-4-5-6-7-26-22-31(36)33(32(37)23-26)27-14-10-24(11-15-27)8-9-25-12-16-29(17-13-25)35(41,42)43-30-20-18-28(19-21-30)34(38,39)40/h8-9,18-25,27,29H,2-7,10-17H2,1H3/b9-8+. The van der Waals surface area contributed by atoms with Crippen LogP contribution in [0, 0.1) is 29.4 Å². The lowest BCUT2D eigenvalue weighted by Gasteiger charge is -2.33. The lowest BCUT2D eigenvalue weighted by molar-refractivity contribution is -0.223. The normalized spacial score (nSPS) is 23.5. The molecule has 0 aromatic heterocycles. The number of ether oxygens (including phenoxy) is 1. The Bertz CT molecular complexity index is 1150. The van der Waals surface area contributed by atoms with Crippen LogP contribution in [0.1, 0.15) is 113 Å². The zero-order chi connectivity index (χ0) is 31.0. The molecule has 238 valence electrons. The van der Waals surface area contributed by atoms with Gasteiger partial charge >= 0.3 is 12.3 Å². The molecule has 8 heteroatoms. The lowest BCUT2D eigenvalue weighted by atomic mass is 9.76. The molecule has 0 bridgehead atoms. The van der Waals surface area contributed by atoms with Crippen LogP contribution in [-0.4, -0.2) is 6.11 Å². The summed E-state index contributed by atoms with van der Waals surface area (Å²) in [4.78, 5) is 0. The van der Waals surface area contributed by atoms with E-state index >= 15 is 0 Å². The number of rotatable bonds is 12. The molecule has 0 N–H and O–H groups in total. The van der Waals surface area contributed by atoms with Crippen molar-refractivity contribution in [2.45, 2.75) is 115 Å². The number of hydrogen-bond acceptors (Lipinski definition) is 1. The zero-order valence-corrected chi connectivity index (χ0v) is 24.9. The largest absolute Gasteiger partial charge is 0.432 e. The molecule has 0 atom stereocenters. The lowest BCUT2D eigenvalue weighted by Crippen LogP contribution is -2.37. The highest BCUT2D eigenvalue weighted by atomic mass is 19.4. The van der Waals surface area contributed by atoms with Gasteiger partial charge in [-0.05, 0) is 124 Å². The molecule has 2 aliphatic rings. The van der Waals surface area contributed by atoms with Crippen molar-refractivity contribution in [1.82, 2.24) is 0 Å². The van der Waals surface area contributed by atoms with Gasteiger partial charge in [-0.1, -0.05) is 44.8 Å². The Morgan fingerprint density at radius 2 is 1.26 bits per heavy atom. The van der Waals surface area contributed by atoms with Crippen molar-refractivity contribution in [2.24, 2.45) is 17.8 Å². The number of unbranched alkanes of at least 4 members (excludes halogenated alkanes) is 4. The van der Waals surface area contributed by atoms with E-state index in [1.807, 2.05) is 0 Å². The Labute approximate surface area is 250 Å². The van der Waals surface area contributed by atoms with Gasteiger partial charge < -0.3 is 4.74 Å². The van der Waals surface area contributed by atoms with E-state index in [0.29, 0.717) is 38.0 Å². The highest BCUT2D eigenvalue weighted by molar-refractivity contribution is 5.30. The number of aryl methyl sites for hydroxylation is 1. The van der Waals surface area contributed by atoms with Gasteiger partial charge in [0.2, 0.25) is 0 Å². The molecule has 2 aromatic carbocycles. The quantitative estimate of drug-likeness (QED) is 0.132. The van der Waals surface area contributed by atoms with Crippen LogP contribution in [0.2, 0.25) is 0 Å². The van der Waals surface area contributed by atoms with E-state index in [1.165, 1.54) is 18.6 Å². The van der Waals surface area contributed by atoms with Gasteiger partial charge in [0, 0.05) is 5.56 Å². The van der Waals surface area contributed by atoms with Crippen molar-refractivity contribution < 1.29 is 35.5 Å². The Morgan fingerprint density at radius 3 is 1.79 bits per heavy atom. The molecule has 0 radical (unpaired) electrons. The van der Waals surface area contributed by atoms with Crippen LogP contribution < -0.4 is 4.74 Å². The average Bonchev–Trinajstić information content (AvgIpc) is 2.96. The van der Waals surface area contributed by atoms with Gasteiger partial charge in [-0.3, -0.25) is 0 Å². The molecule has 0 heterocycles. The highest BCUT2D eigenvalue weighted by Gasteiger charge is 2.44. The van der Waals surface area contributed by atoms with Crippen molar-refractivity contribution in [1.29, 1.82) is 0 Å². The molecule has 2 fully saturated rings. The predicted octanol–water partition coefficient (Wildman–Crippen LogP) is 11.8. The van der Waals surface area contributed by atoms with Gasteiger partial charge in [-0.25, -0.2) is 8.78 Å². The molecule has 0 aliphatic heterocycles. The molecule has 2 saturated carbocycles. The van der Waals surface area contributed by atoms with Crippen LogP contribution in [0.3, 0.4) is 0 Å².